The molecular formula is C18H18N4O4. The van der Waals surface area contributed by atoms with Gasteiger partial charge in [-0.15, -0.1) is 0 Å². The minimum absolute atomic E-state index is 0.138. The summed E-state index contributed by atoms with van der Waals surface area (Å²) in [5.41, 5.74) is 1.62. The second kappa shape index (κ2) is 7.22. The molecule has 3 aromatic rings. The summed E-state index contributed by atoms with van der Waals surface area (Å²) in [5.74, 6) is 0.323. The predicted octanol–water partition coefficient (Wildman–Crippen LogP) is 3.36. The Kier molecular flexibility index (Phi) is 4.83. The van der Waals surface area contributed by atoms with Crippen molar-refractivity contribution < 1.29 is 14.5 Å². The Hall–Kier alpha value is -3.42. The van der Waals surface area contributed by atoms with E-state index in [0.29, 0.717) is 12.4 Å². The van der Waals surface area contributed by atoms with Crippen LogP contribution in [0.3, 0.4) is 0 Å². The van der Waals surface area contributed by atoms with Crippen molar-refractivity contribution >= 4 is 22.6 Å². The van der Waals surface area contributed by atoms with E-state index in [1.54, 1.807) is 13.8 Å². The molecule has 1 heterocycles. The topological polar surface area (TPSA) is 110 Å². The number of aromatic nitrogens is 2. The van der Waals surface area contributed by atoms with Crippen LogP contribution in [-0.4, -0.2) is 27.4 Å². The molecule has 0 bridgehead atoms. The van der Waals surface area contributed by atoms with E-state index >= 15 is 0 Å². The van der Waals surface area contributed by atoms with E-state index in [1.807, 2.05) is 24.3 Å². The van der Waals surface area contributed by atoms with Crippen molar-refractivity contribution in [3.05, 3.63) is 64.0 Å². The maximum absolute atomic E-state index is 12.5. The van der Waals surface area contributed by atoms with Crippen molar-refractivity contribution in [2.75, 3.05) is 6.61 Å². The van der Waals surface area contributed by atoms with E-state index in [4.69, 9.17) is 4.74 Å². The fourth-order valence-corrected chi connectivity index (χ4v) is 2.60. The molecule has 1 unspecified atom stereocenters. The number of amides is 1. The summed E-state index contributed by atoms with van der Waals surface area (Å²) in [4.78, 5) is 30.7. The molecule has 1 atom stereocenters. The standard InChI is InChI=1S/C18H18N4O4/c1-3-26-16-9-8-12(10-15(16)22(24)25)18(23)19-11(2)17-20-13-6-4-5-7-14(13)21-17/h4-11H,3H2,1-2H3,(H,19,23)(H,20,21). The zero-order chi connectivity index (χ0) is 18.7. The van der Waals surface area contributed by atoms with Crippen LogP contribution < -0.4 is 10.1 Å². The highest BCUT2D eigenvalue weighted by atomic mass is 16.6. The normalized spacial score (nSPS) is 11.9. The summed E-state index contributed by atoms with van der Waals surface area (Å²) in [5, 5.41) is 14.0. The maximum atomic E-state index is 12.5. The third-order valence-corrected chi connectivity index (χ3v) is 3.88. The van der Waals surface area contributed by atoms with E-state index in [2.05, 4.69) is 15.3 Å². The van der Waals surface area contributed by atoms with E-state index in [1.165, 1.54) is 18.2 Å². The zero-order valence-electron chi connectivity index (χ0n) is 14.4. The van der Waals surface area contributed by atoms with Crippen LogP contribution in [0.2, 0.25) is 0 Å². The third kappa shape index (κ3) is 3.49. The quantitative estimate of drug-likeness (QED) is 0.521. The van der Waals surface area contributed by atoms with Crippen molar-refractivity contribution in [2.45, 2.75) is 19.9 Å². The van der Waals surface area contributed by atoms with Crippen LogP contribution in [0.5, 0.6) is 5.75 Å². The lowest BCUT2D eigenvalue weighted by Crippen LogP contribution is -2.27. The molecule has 2 aromatic carbocycles. The molecule has 2 N–H and O–H groups in total. The number of nitro benzene ring substituents is 1. The summed E-state index contributed by atoms with van der Waals surface area (Å²) >= 11 is 0. The first-order valence-corrected chi connectivity index (χ1v) is 8.16. The molecule has 1 amide bonds. The number of hydrogen-bond donors (Lipinski definition) is 2. The summed E-state index contributed by atoms with van der Waals surface area (Å²) in [6, 6.07) is 11.3. The Labute approximate surface area is 149 Å². The SMILES string of the molecule is CCOc1ccc(C(=O)NC(C)c2nc3ccccc3[nH]2)cc1[N+](=O)[O-]. The van der Waals surface area contributed by atoms with Gasteiger partial charge in [0.05, 0.1) is 28.6 Å². The number of rotatable bonds is 6. The molecule has 3 rings (SSSR count). The Morgan fingerprint density at radius 3 is 2.81 bits per heavy atom. The van der Waals surface area contributed by atoms with Gasteiger partial charge in [-0.3, -0.25) is 14.9 Å². The molecule has 8 nitrogen and oxygen atoms in total. The van der Waals surface area contributed by atoms with E-state index in [-0.39, 0.29) is 23.0 Å². The van der Waals surface area contributed by atoms with Crippen LogP contribution in [0.15, 0.2) is 42.5 Å². The van der Waals surface area contributed by atoms with E-state index in [9.17, 15) is 14.9 Å². The van der Waals surface area contributed by atoms with Gasteiger partial charge in [-0.05, 0) is 38.1 Å². The minimum atomic E-state index is -0.565. The minimum Gasteiger partial charge on any atom is -0.487 e. The van der Waals surface area contributed by atoms with Crippen LogP contribution >= 0.6 is 0 Å². The van der Waals surface area contributed by atoms with Crippen molar-refractivity contribution in [3.8, 4) is 5.75 Å². The molecule has 0 spiro atoms. The summed E-state index contributed by atoms with van der Waals surface area (Å²) < 4.78 is 5.23. The molecule has 26 heavy (non-hydrogen) atoms. The van der Waals surface area contributed by atoms with Gasteiger partial charge in [0.1, 0.15) is 5.82 Å². The number of nitrogens with one attached hydrogen (secondary N) is 2. The number of imidazole rings is 1. The first-order valence-electron chi connectivity index (χ1n) is 8.16. The number of carbonyl (C=O) groups excluding carboxylic acids is 1. The van der Waals surface area contributed by atoms with Gasteiger partial charge in [-0.2, -0.15) is 0 Å². The highest BCUT2D eigenvalue weighted by molar-refractivity contribution is 5.95. The second-order valence-corrected chi connectivity index (χ2v) is 5.71. The molecular weight excluding hydrogens is 336 g/mol. The van der Waals surface area contributed by atoms with Crippen LogP contribution in [0.25, 0.3) is 11.0 Å². The molecule has 1 aromatic heterocycles. The largest absolute Gasteiger partial charge is 0.487 e. The molecule has 0 radical (unpaired) electrons. The Balaban J connectivity index is 1.80. The Bertz CT molecular complexity index is 934. The smallest absolute Gasteiger partial charge is 0.311 e. The van der Waals surface area contributed by atoms with Crippen LogP contribution in [0.4, 0.5) is 5.69 Å². The number of benzene rings is 2. The molecule has 0 aliphatic rings. The summed E-state index contributed by atoms with van der Waals surface area (Å²) in [6.07, 6.45) is 0. The number of ether oxygens (including phenoxy) is 1. The van der Waals surface area contributed by atoms with Gasteiger partial charge >= 0.3 is 5.69 Å². The van der Waals surface area contributed by atoms with Crippen LogP contribution in [-0.2, 0) is 0 Å². The number of hydrogen-bond acceptors (Lipinski definition) is 5. The maximum Gasteiger partial charge on any atom is 0.311 e. The Morgan fingerprint density at radius 1 is 1.35 bits per heavy atom. The molecule has 134 valence electrons. The number of nitrogens with zero attached hydrogens (tertiary/aromatic N) is 2. The summed E-state index contributed by atoms with van der Waals surface area (Å²) in [7, 11) is 0. The number of H-pyrrole nitrogens is 1. The van der Waals surface area contributed by atoms with E-state index < -0.39 is 10.8 Å². The number of aromatic amines is 1. The zero-order valence-corrected chi connectivity index (χ0v) is 14.4. The van der Waals surface area contributed by atoms with Crippen molar-refractivity contribution in [2.24, 2.45) is 0 Å². The first kappa shape index (κ1) is 17.4. The highest BCUT2D eigenvalue weighted by Crippen LogP contribution is 2.28. The summed E-state index contributed by atoms with van der Waals surface area (Å²) in [6.45, 7) is 3.83. The molecule has 0 fully saturated rings. The molecule has 8 heteroatoms. The molecule has 0 aliphatic heterocycles. The Morgan fingerprint density at radius 2 is 2.12 bits per heavy atom. The second-order valence-electron chi connectivity index (χ2n) is 5.71. The van der Waals surface area contributed by atoms with E-state index in [0.717, 1.165) is 11.0 Å². The van der Waals surface area contributed by atoms with Crippen LogP contribution in [0.1, 0.15) is 36.1 Å². The van der Waals surface area contributed by atoms with Gasteiger partial charge in [0.2, 0.25) is 0 Å². The highest BCUT2D eigenvalue weighted by Gasteiger charge is 2.20. The third-order valence-electron chi connectivity index (χ3n) is 3.88. The van der Waals surface area contributed by atoms with Crippen molar-refractivity contribution in [1.29, 1.82) is 0 Å². The molecule has 0 aliphatic carbocycles. The van der Waals surface area contributed by atoms with Gasteiger partial charge in [0, 0.05) is 11.6 Å². The van der Waals surface area contributed by atoms with Gasteiger partial charge in [0.25, 0.3) is 5.91 Å². The lowest BCUT2D eigenvalue weighted by atomic mass is 10.1. The van der Waals surface area contributed by atoms with Gasteiger partial charge in [-0.25, -0.2) is 4.98 Å². The monoisotopic (exact) mass is 354 g/mol. The van der Waals surface area contributed by atoms with Crippen LogP contribution in [0, 0.1) is 10.1 Å². The average Bonchev–Trinajstić information content (AvgIpc) is 3.06. The van der Waals surface area contributed by atoms with Gasteiger partial charge in [-0.1, -0.05) is 12.1 Å². The van der Waals surface area contributed by atoms with Crippen molar-refractivity contribution in [1.82, 2.24) is 15.3 Å². The average molecular weight is 354 g/mol. The number of para-hydroxylation sites is 2. The van der Waals surface area contributed by atoms with Gasteiger partial charge in [0.15, 0.2) is 5.75 Å². The fraction of sp³-hybridized carbons (Fsp3) is 0.222. The first-order chi connectivity index (χ1) is 12.5. The number of carbonyl (C=O) groups is 1. The number of nitro groups is 1. The lowest BCUT2D eigenvalue weighted by Gasteiger charge is -2.12. The predicted molar refractivity (Wildman–Crippen MR) is 96.2 cm³/mol. The molecule has 0 saturated carbocycles. The van der Waals surface area contributed by atoms with Gasteiger partial charge < -0.3 is 15.0 Å². The molecule has 0 saturated heterocycles. The lowest BCUT2D eigenvalue weighted by molar-refractivity contribution is -0.385. The van der Waals surface area contributed by atoms with Crippen molar-refractivity contribution in [3.63, 3.8) is 0 Å². The number of fused-ring (bicyclic) bond motifs is 1. The fourth-order valence-electron chi connectivity index (χ4n) is 2.60.